The molecule has 2 aromatic rings. The Labute approximate surface area is 180 Å². The number of rotatable bonds is 8. The first kappa shape index (κ1) is 21.3. The maximum Gasteiger partial charge on any atom is 0.166 e. The Morgan fingerprint density at radius 2 is 1.79 bits per heavy atom. The Balaban J connectivity index is 1.59. The number of likely N-dealkylation sites (tertiary alicyclic amines) is 1. The molecule has 1 atom stereocenters. The fourth-order valence-corrected chi connectivity index (χ4v) is 4.62. The van der Waals surface area contributed by atoms with E-state index in [1.54, 1.807) is 14.2 Å². The van der Waals surface area contributed by atoms with Crippen LogP contribution in [0.3, 0.4) is 0 Å². The molecule has 1 fully saturated rings. The van der Waals surface area contributed by atoms with E-state index in [1.807, 2.05) is 47.3 Å². The molecule has 0 spiro atoms. The zero-order chi connectivity index (χ0) is 19.9. The van der Waals surface area contributed by atoms with E-state index in [4.69, 9.17) is 12.5 Å². The van der Waals surface area contributed by atoms with Crippen LogP contribution in [-0.2, 0) is 9.49 Å². The lowest BCUT2D eigenvalue weighted by atomic mass is 9.87. The molecule has 0 bridgehead atoms. The van der Waals surface area contributed by atoms with Gasteiger partial charge in [-0.25, -0.2) is 4.39 Å². The summed E-state index contributed by atoms with van der Waals surface area (Å²) in [4.78, 5) is 2.48. The minimum atomic E-state index is -0.178. The van der Waals surface area contributed by atoms with Crippen molar-refractivity contribution < 1.29 is 16.9 Å². The lowest BCUT2D eigenvalue weighted by Gasteiger charge is -2.35. The second-order valence-electron chi connectivity index (χ2n) is 7.15. The van der Waals surface area contributed by atoms with Gasteiger partial charge in [-0.1, -0.05) is 24.3 Å². The first-order valence-electron chi connectivity index (χ1n) is 9.61. The summed E-state index contributed by atoms with van der Waals surface area (Å²) in [6.45, 7) is 3.07. The van der Waals surface area contributed by atoms with Crippen molar-refractivity contribution in [3.05, 3.63) is 59.4 Å². The third-order valence-corrected chi connectivity index (χ3v) is 6.07. The van der Waals surface area contributed by atoms with Gasteiger partial charge < -0.3 is 17.4 Å². The minimum Gasteiger partial charge on any atom is -0.493 e. The van der Waals surface area contributed by atoms with Crippen molar-refractivity contribution in [3.63, 3.8) is 0 Å². The number of piperidine rings is 1. The number of halogens is 2. The van der Waals surface area contributed by atoms with Gasteiger partial charge in [-0.3, -0.25) is 0 Å². The fraction of sp³-hybridized carbons (Fsp3) is 0.455. The average Bonchev–Trinajstić information content (AvgIpc) is 2.74. The first-order valence-corrected chi connectivity index (χ1v) is 10.5. The number of para-hydroxylation sites is 1. The Hall–Kier alpha value is -1.38. The molecule has 3 rings (SSSR count). The number of benzene rings is 2. The highest BCUT2D eigenvalue weighted by atomic mass is 127. The number of methoxy groups -OCH3 is 2. The van der Waals surface area contributed by atoms with Gasteiger partial charge in [0.2, 0.25) is 0 Å². The summed E-state index contributed by atoms with van der Waals surface area (Å²) in [6, 6.07) is 12.8. The molecule has 28 heavy (non-hydrogen) atoms. The summed E-state index contributed by atoms with van der Waals surface area (Å²) in [5, 5.41) is 0. The molecule has 0 aliphatic carbocycles. The van der Waals surface area contributed by atoms with E-state index >= 15 is 0 Å². The van der Waals surface area contributed by atoms with Crippen LogP contribution in [0.5, 0.6) is 11.5 Å². The third-order valence-electron chi connectivity index (χ3n) is 5.53. The van der Waals surface area contributed by atoms with Crippen LogP contribution in [0.4, 0.5) is 4.39 Å². The lowest BCUT2D eigenvalue weighted by molar-refractivity contribution is 0.104. The zero-order valence-corrected chi connectivity index (χ0v) is 18.5. The van der Waals surface area contributed by atoms with Crippen molar-refractivity contribution in [2.75, 3.05) is 33.9 Å². The summed E-state index contributed by atoms with van der Waals surface area (Å²) < 4.78 is 30.0. The number of hydrogen-bond donors (Lipinski definition) is 0. The molecule has 2 aromatic carbocycles. The second kappa shape index (κ2) is 10.4. The van der Waals surface area contributed by atoms with Crippen molar-refractivity contribution in [2.24, 2.45) is 5.92 Å². The molecule has 0 aromatic heterocycles. The van der Waals surface area contributed by atoms with Crippen molar-refractivity contribution in [2.45, 2.75) is 25.4 Å². The summed E-state index contributed by atoms with van der Waals surface area (Å²) in [5.41, 5.74) is 2.22. The van der Waals surface area contributed by atoms with Crippen LogP contribution in [-0.4, -0.2) is 38.8 Å². The van der Waals surface area contributed by atoms with Crippen LogP contribution in [0.1, 0.15) is 30.1 Å². The van der Waals surface area contributed by atoms with Crippen LogP contribution >= 0.6 is 23.0 Å². The Morgan fingerprint density at radius 3 is 2.39 bits per heavy atom. The number of ether oxygens (including phenoxy) is 2. The van der Waals surface area contributed by atoms with E-state index in [2.05, 4.69) is 11.0 Å². The summed E-state index contributed by atoms with van der Waals surface area (Å²) in [6.07, 6.45) is 3.06. The quantitative estimate of drug-likeness (QED) is 0.467. The van der Waals surface area contributed by atoms with Crippen molar-refractivity contribution in [3.8, 4) is 11.5 Å². The molecule has 0 amide bonds. The van der Waals surface area contributed by atoms with Gasteiger partial charge in [-0.2, -0.15) is 0 Å². The van der Waals surface area contributed by atoms with E-state index in [0.29, 0.717) is 5.92 Å². The normalized spacial score (nSPS) is 16.7. The molecule has 1 aliphatic heterocycles. The molecule has 0 N–H and O–H groups in total. The van der Waals surface area contributed by atoms with E-state index < -0.39 is 0 Å². The molecule has 152 valence electrons. The smallest absolute Gasteiger partial charge is 0.166 e. The van der Waals surface area contributed by atoms with E-state index in [1.165, 1.54) is 17.7 Å². The maximum atomic E-state index is 13.0. The lowest BCUT2D eigenvalue weighted by Crippen LogP contribution is -2.37. The van der Waals surface area contributed by atoms with Gasteiger partial charge in [0.1, 0.15) is 34.9 Å². The highest BCUT2D eigenvalue weighted by molar-refractivity contribution is 14.1. The molecule has 1 saturated heterocycles. The van der Waals surface area contributed by atoms with E-state index in [0.717, 1.165) is 56.0 Å². The Bertz CT molecular complexity index is 748. The zero-order valence-electron chi connectivity index (χ0n) is 16.4. The van der Waals surface area contributed by atoms with Crippen LogP contribution in [0.15, 0.2) is 42.5 Å². The molecule has 4 nitrogen and oxygen atoms in total. The van der Waals surface area contributed by atoms with Gasteiger partial charge >= 0.3 is 0 Å². The van der Waals surface area contributed by atoms with Crippen LogP contribution < -0.4 is 9.47 Å². The molecule has 0 radical (unpaired) electrons. The van der Waals surface area contributed by atoms with E-state index in [9.17, 15) is 4.39 Å². The highest BCUT2D eigenvalue weighted by Crippen LogP contribution is 2.42. The van der Waals surface area contributed by atoms with Crippen molar-refractivity contribution in [1.29, 1.82) is 0 Å². The molecule has 6 heteroatoms. The van der Waals surface area contributed by atoms with Gasteiger partial charge in [-0.05, 0) is 62.0 Å². The largest absolute Gasteiger partial charge is 0.493 e. The van der Waals surface area contributed by atoms with Gasteiger partial charge in [-0.15, -0.1) is 0 Å². The maximum absolute atomic E-state index is 13.0. The van der Waals surface area contributed by atoms with Gasteiger partial charge in [0.25, 0.3) is 0 Å². The predicted molar refractivity (Wildman–Crippen MR) is 117 cm³/mol. The first-order chi connectivity index (χ1) is 13.7. The molecule has 0 saturated carbocycles. The third kappa shape index (κ3) is 5.15. The number of hydrogen-bond acceptors (Lipinski definition) is 4. The molecular formula is C22H27FINO3. The summed E-state index contributed by atoms with van der Waals surface area (Å²) >= 11 is 2.00. The fourth-order valence-electron chi connectivity index (χ4n) is 3.93. The molecule has 1 unspecified atom stereocenters. The van der Waals surface area contributed by atoms with Gasteiger partial charge in [0.15, 0.2) is 11.5 Å². The van der Waals surface area contributed by atoms with Crippen molar-refractivity contribution >= 4 is 23.0 Å². The van der Waals surface area contributed by atoms with Crippen LogP contribution in [0.25, 0.3) is 0 Å². The standard InChI is InChI=1S/C22H27FINO3/c1-26-20-5-3-4-19(22(20)27-2)21(28-24)17-11-14-25(15-12-17)13-10-16-6-8-18(23)9-7-16/h3-9,17,21H,10-15H2,1-2H3. The summed E-state index contributed by atoms with van der Waals surface area (Å²) in [5.74, 6) is 1.74. The molecule has 1 aliphatic rings. The highest BCUT2D eigenvalue weighted by Gasteiger charge is 2.31. The number of nitrogens with zero attached hydrogens (tertiary/aromatic N) is 1. The van der Waals surface area contributed by atoms with Crippen molar-refractivity contribution in [1.82, 2.24) is 4.90 Å². The predicted octanol–water partition coefficient (Wildman–Crippen LogP) is 5.21. The topological polar surface area (TPSA) is 30.9 Å². The van der Waals surface area contributed by atoms with Crippen LogP contribution in [0, 0.1) is 11.7 Å². The molecule has 1 heterocycles. The van der Waals surface area contributed by atoms with Gasteiger partial charge in [0, 0.05) is 12.1 Å². The SMILES string of the molecule is COc1cccc(C(OI)C2CCN(CCc3ccc(F)cc3)CC2)c1OC. The Kier molecular flexibility index (Phi) is 7.93. The van der Waals surface area contributed by atoms with E-state index in [-0.39, 0.29) is 11.9 Å². The monoisotopic (exact) mass is 499 g/mol. The minimum absolute atomic E-state index is 0.0232. The van der Waals surface area contributed by atoms with Crippen LogP contribution in [0.2, 0.25) is 0 Å². The van der Waals surface area contributed by atoms with Gasteiger partial charge in [0.05, 0.1) is 14.2 Å². The average molecular weight is 499 g/mol. The second-order valence-corrected chi connectivity index (χ2v) is 7.66. The summed E-state index contributed by atoms with van der Waals surface area (Å²) in [7, 11) is 3.32. The Morgan fingerprint density at radius 1 is 1.07 bits per heavy atom. The molecular weight excluding hydrogens is 472 g/mol.